The van der Waals surface area contributed by atoms with Crippen molar-refractivity contribution in [3.63, 3.8) is 0 Å². The average Bonchev–Trinajstić information content (AvgIpc) is 2.47. The van der Waals surface area contributed by atoms with Crippen molar-refractivity contribution in [1.29, 1.82) is 0 Å². The quantitative estimate of drug-likeness (QED) is 0.505. The molecule has 0 spiro atoms. The van der Waals surface area contributed by atoms with Gasteiger partial charge in [0, 0.05) is 36.8 Å². The summed E-state index contributed by atoms with van der Waals surface area (Å²) in [6.07, 6.45) is 2.32. The van der Waals surface area contributed by atoms with Crippen LogP contribution in [0.25, 0.3) is 0 Å². The van der Waals surface area contributed by atoms with Gasteiger partial charge in [0.15, 0.2) is 5.96 Å². The number of carbonyl (C=O) groups is 1. The first-order valence-electron chi connectivity index (χ1n) is 6.81. The lowest BCUT2D eigenvalue weighted by atomic mass is 10.2. The molecule has 1 aliphatic rings. The Morgan fingerprint density at radius 3 is 2.76 bits per heavy atom. The fourth-order valence-corrected chi connectivity index (χ4v) is 1.99. The first kappa shape index (κ1) is 18.0. The van der Waals surface area contributed by atoms with Gasteiger partial charge in [-0.05, 0) is 37.1 Å². The molecule has 1 aliphatic heterocycles. The lowest BCUT2D eigenvalue weighted by Gasteiger charge is -2.15. The van der Waals surface area contributed by atoms with Gasteiger partial charge in [0.1, 0.15) is 0 Å². The molecule has 5 nitrogen and oxygen atoms in total. The Hall–Kier alpha value is -1.02. The number of rotatable bonds is 5. The van der Waals surface area contributed by atoms with Gasteiger partial charge in [-0.1, -0.05) is 11.6 Å². The van der Waals surface area contributed by atoms with Crippen molar-refractivity contribution < 1.29 is 4.79 Å². The Labute approximate surface area is 146 Å². The summed E-state index contributed by atoms with van der Waals surface area (Å²) < 4.78 is 0. The number of nitrogens with one attached hydrogen (secondary N) is 3. The number of aliphatic imine (C=N–C) groups is 1. The molecule has 0 atom stereocenters. The second-order valence-corrected chi connectivity index (χ2v) is 5.03. The molecule has 0 aromatic heterocycles. The van der Waals surface area contributed by atoms with Crippen LogP contribution < -0.4 is 16.0 Å². The first-order valence-corrected chi connectivity index (χ1v) is 7.19. The van der Waals surface area contributed by atoms with Crippen molar-refractivity contribution in [2.24, 2.45) is 4.99 Å². The van der Waals surface area contributed by atoms with E-state index in [0.717, 1.165) is 44.1 Å². The van der Waals surface area contributed by atoms with Crippen LogP contribution in [0.5, 0.6) is 0 Å². The van der Waals surface area contributed by atoms with Crippen molar-refractivity contribution in [1.82, 2.24) is 10.6 Å². The summed E-state index contributed by atoms with van der Waals surface area (Å²) >= 11 is 5.79. The fraction of sp³-hybridized carbons (Fsp3) is 0.429. The molecule has 0 unspecified atom stereocenters. The molecule has 1 aromatic rings. The number of anilines is 1. The van der Waals surface area contributed by atoms with E-state index in [1.165, 1.54) is 0 Å². The van der Waals surface area contributed by atoms with E-state index in [2.05, 4.69) is 20.9 Å². The zero-order chi connectivity index (χ0) is 14.2. The molecule has 7 heteroatoms. The second kappa shape index (κ2) is 9.83. The molecule has 0 saturated heterocycles. The van der Waals surface area contributed by atoms with E-state index in [1.54, 1.807) is 24.3 Å². The molecule has 0 bridgehead atoms. The van der Waals surface area contributed by atoms with Crippen molar-refractivity contribution in [2.45, 2.75) is 19.3 Å². The third kappa shape index (κ3) is 6.99. The number of nitrogens with zero attached hydrogens (tertiary/aromatic N) is 1. The Morgan fingerprint density at radius 2 is 2.10 bits per heavy atom. The molecule has 1 aromatic carbocycles. The van der Waals surface area contributed by atoms with Gasteiger partial charge in [-0.3, -0.25) is 9.79 Å². The molecule has 1 heterocycles. The number of benzene rings is 1. The Kier molecular flexibility index (Phi) is 8.44. The molecule has 0 radical (unpaired) electrons. The molecule has 2 rings (SSSR count). The lowest BCUT2D eigenvalue weighted by molar-refractivity contribution is -0.116. The van der Waals surface area contributed by atoms with E-state index in [0.29, 0.717) is 11.4 Å². The summed E-state index contributed by atoms with van der Waals surface area (Å²) in [6, 6.07) is 7.09. The van der Waals surface area contributed by atoms with Crippen LogP contribution in [0.4, 0.5) is 5.69 Å². The Balaban J connectivity index is 0.00000220. The van der Waals surface area contributed by atoms with Gasteiger partial charge in [0.05, 0.1) is 0 Å². The Morgan fingerprint density at radius 1 is 1.33 bits per heavy atom. The number of halogens is 2. The van der Waals surface area contributed by atoms with Crippen molar-refractivity contribution >= 4 is 53.1 Å². The SMILES string of the molecule is I.O=C(CCCNC1=NCCCN1)Nc1ccc(Cl)cc1. The summed E-state index contributed by atoms with van der Waals surface area (Å²) in [6.45, 7) is 2.56. The molecule has 0 saturated carbocycles. The van der Waals surface area contributed by atoms with E-state index in [-0.39, 0.29) is 29.9 Å². The van der Waals surface area contributed by atoms with E-state index < -0.39 is 0 Å². The minimum absolute atomic E-state index is 0. The highest BCUT2D eigenvalue weighted by atomic mass is 127. The lowest BCUT2D eigenvalue weighted by Crippen LogP contribution is -2.41. The molecular formula is C14H20ClIN4O. The smallest absolute Gasteiger partial charge is 0.224 e. The maximum atomic E-state index is 11.7. The van der Waals surface area contributed by atoms with Crippen LogP contribution in [0.1, 0.15) is 19.3 Å². The van der Waals surface area contributed by atoms with E-state index >= 15 is 0 Å². The maximum absolute atomic E-state index is 11.7. The second-order valence-electron chi connectivity index (χ2n) is 4.60. The maximum Gasteiger partial charge on any atom is 0.224 e. The van der Waals surface area contributed by atoms with Crippen molar-refractivity contribution in [3.05, 3.63) is 29.3 Å². The highest BCUT2D eigenvalue weighted by Gasteiger charge is 2.04. The monoisotopic (exact) mass is 422 g/mol. The molecule has 1 amide bonds. The molecule has 3 N–H and O–H groups in total. The first-order chi connectivity index (χ1) is 9.74. The van der Waals surface area contributed by atoms with E-state index in [4.69, 9.17) is 11.6 Å². The third-order valence-corrected chi connectivity index (χ3v) is 3.15. The van der Waals surface area contributed by atoms with Crippen LogP contribution >= 0.6 is 35.6 Å². The summed E-state index contributed by atoms with van der Waals surface area (Å²) in [5, 5.41) is 9.86. The van der Waals surface area contributed by atoms with Crippen LogP contribution in [-0.4, -0.2) is 31.5 Å². The average molecular weight is 423 g/mol. The fourth-order valence-electron chi connectivity index (χ4n) is 1.86. The van der Waals surface area contributed by atoms with Crippen LogP contribution in [-0.2, 0) is 4.79 Å². The van der Waals surface area contributed by atoms with Gasteiger partial charge in [0.2, 0.25) is 5.91 Å². The summed E-state index contributed by atoms with van der Waals surface area (Å²) in [7, 11) is 0. The number of guanidine groups is 1. The number of hydrogen-bond acceptors (Lipinski definition) is 4. The van der Waals surface area contributed by atoms with E-state index in [1.807, 2.05) is 0 Å². The summed E-state index contributed by atoms with van der Waals surface area (Å²) in [5.41, 5.74) is 0.769. The minimum atomic E-state index is 0. The molecule has 0 fully saturated rings. The van der Waals surface area contributed by atoms with Crippen molar-refractivity contribution in [3.8, 4) is 0 Å². The molecule has 0 aliphatic carbocycles. The van der Waals surface area contributed by atoms with Gasteiger partial charge in [-0.2, -0.15) is 0 Å². The van der Waals surface area contributed by atoms with Crippen LogP contribution in [0.2, 0.25) is 5.02 Å². The van der Waals surface area contributed by atoms with Gasteiger partial charge in [-0.25, -0.2) is 0 Å². The number of carbonyl (C=O) groups excluding carboxylic acids is 1. The number of amides is 1. The molecule has 116 valence electrons. The predicted molar refractivity (Wildman–Crippen MR) is 97.7 cm³/mol. The Bertz CT molecular complexity index is 478. The third-order valence-electron chi connectivity index (χ3n) is 2.90. The summed E-state index contributed by atoms with van der Waals surface area (Å²) in [5.74, 6) is 0.849. The van der Waals surface area contributed by atoms with Gasteiger partial charge in [0.25, 0.3) is 0 Å². The summed E-state index contributed by atoms with van der Waals surface area (Å²) in [4.78, 5) is 16.0. The molecule has 21 heavy (non-hydrogen) atoms. The van der Waals surface area contributed by atoms with Crippen LogP contribution in [0, 0.1) is 0 Å². The number of hydrogen-bond donors (Lipinski definition) is 3. The van der Waals surface area contributed by atoms with Crippen LogP contribution in [0.3, 0.4) is 0 Å². The normalized spacial score (nSPS) is 13.5. The zero-order valence-electron chi connectivity index (χ0n) is 11.7. The minimum Gasteiger partial charge on any atom is -0.356 e. The predicted octanol–water partition coefficient (Wildman–Crippen LogP) is 2.62. The van der Waals surface area contributed by atoms with Crippen molar-refractivity contribution in [2.75, 3.05) is 25.0 Å². The van der Waals surface area contributed by atoms with Gasteiger partial charge >= 0.3 is 0 Å². The standard InChI is InChI=1S/C14H19ClN4O.HI/c15-11-4-6-12(7-5-11)19-13(20)3-1-8-16-14-17-9-2-10-18-14;/h4-7H,1-3,8-10H2,(H,19,20)(H2,16,17,18);1H. The molecular weight excluding hydrogens is 403 g/mol. The topological polar surface area (TPSA) is 65.5 Å². The zero-order valence-corrected chi connectivity index (χ0v) is 14.8. The highest BCUT2D eigenvalue weighted by molar-refractivity contribution is 14.0. The van der Waals surface area contributed by atoms with Gasteiger partial charge < -0.3 is 16.0 Å². The largest absolute Gasteiger partial charge is 0.356 e. The van der Waals surface area contributed by atoms with E-state index in [9.17, 15) is 4.79 Å². The van der Waals surface area contributed by atoms with Crippen LogP contribution in [0.15, 0.2) is 29.3 Å². The highest BCUT2D eigenvalue weighted by Crippen LogP contribution is 2.13. The van der Waals surface area contributed by atoms with Gasteiger partial charge in [-0.15, -0.1) is 24.0 Å².